The van der Waals surface area contributed by atoms with Crippen LogP contribution in [0.15, 0.2) is 24.3 Å². The Bertz CT molecular complexity index is 581. The van der Waals surface area contributed by atoms with Crippen molar-refractivity contribution >= 4 is 11.9 Å². The lowest BCUT2D eigenvalue weighted by Gasteiger charge is -2.16. The summed E-state index contributed by atoms with van der Waals surface area (Å²) in [4.78, 5) is 15.7. The number of carbonyl (C=O) groups is 1. The minimum absolute atomic E-state index is 0.0371. The fraction of sp³-hybridized carbons (Fsp3) is 0.250. The van der Waals surface area contributed by atoms with E-state index in [-0.39, 0.29) is 23.7 Å². The number of nitrogen functional groups attached to an aromatic ring is 1. The van der Waals surface area contributed by atoms with Gasteiger partial charge in [-0.2, -0.15) is 4.98 Å². The number of nitrogens with zero attached hydrogens (tertiary/aromatic N) is 2. The molecule has 1 atom stereocenters. The summed E-state index contributed by atoms with van der Waals surface area (Å²) in [6.07, 6.45) is 0. The number of hydrogen-bond donors (Lipinski definition) is 3. The molecule has 1 heterocycles. The maximum atomic E-state index is 11.9. The lowest BCUT2D eigenvalue weighted by molar-refractivity contribution is 0.0929. The third-order valence-corrected chi connectivity index (χ3v) is 2.67. The summed E-state index contributed by atoms with van der Waals surface area (Å²) in [6.45, 7) is 1.86. The van der Waals surface area contributed by atoms with E-state index in [4.69, 9.17) is 10.5 Å². The van der Waals surface area contributed by atoms with E-state index in [1.807, 2.05) is 31.2 Å². The SMILES string of the molecule is COc1ccccc1C(C)NC(=O)c1nc(N)n[nH]1. The summed E-state index contributed by atoms with van der Waals surface area (Å²) in [5.74, 6) is 0.462. The molecule has 0 bridgehead atoms. The van der Waals surface area contributed by atoms with Crippen molar-refractivity contribution in [2.45, 2.75) is 13.0 Å². The number of ether oxygens (including phenoxy) is 1. The third-order valence-electron chi connectivity index (χ3n) is 2.67. The van der Waals surface area contributed by atoms with Gasteiger partial charge >= 0.3 is 0 Å². The van der Waals surface area contributed by atoms with Crippen molar-refractivity contribution in [3.8, 4) is 5.75 Å². The van der Waals surface area contributed by atoms with E-state index < -0.39 is 0 Å². The van der Waals surface area contributed by atoms with Gasteiger partial charge in [0.2, 0.25) is 11.8 Å². The predicted octanol–water partition coefficient (Wildman–Crippen LogP) is 0.886. The number of benzene rings is 1. The largest absolute Gasteiger partial charge is 0.496 e. The van der Waals surface area contributed by atoms with Crippen molar-refractivity contribution in [1.29, 1.82) is 0 Å². The summed E-state index contributed by atoms with van der Waals surface area (Å²) < 4.78 is 5.25. The molecule has 7 heteroatoms. The van der Waals surface area contributed by atoms with Crippen LogP contribution in [0.3, 0.4) is 0 Å². The first-order valence-electron chi connectivity index (χ1n) is 5.73. The highest BCUT2D eigenvalue weighted by Gasteiger charge is 2.17. The number of aromatic nitrogens is 3. The molecule has 1 aromatic heterocycles. The molecule has 0 saturated carbocycles. The fourth-order valence-corrected chi connectivity index (χ4v) is 1.74. The Balaban J connectivity index is 2.12. The van der Waals surface area contributed by atoms with Crippen LogP contribution in [0, 0.1) is 0 Å². The number of H-pyrrole nitrogens is 1. The van der Waals surface area contributed by atoms with Gasteiger partial charge in [0.25, 0.3) is 5.91 Å². The van der Waals surface area contributed by atoms with Gasteiger partial charge < -0.3 is 15.8 Å². The Morgan fingerprint density at radius 3 is 2.84 bits per heavy atom. The Kier molecular flexibility index (Phi) is 3.65. The number of nitrogens with one attached hydrogen (secondary N) is 2. The number of methoxy groups -OCH3 is 1. The second-order valence-corrected chi connectivity index (χ2v) is 3.98. The molecular weight excluding hydrogens is 246 g/mol. The Morgan fingerprint density at radius 2 is 2.21 bits per heavy atom. The molecule has 100 valence electrons. The molecule has 7 nitrogen and oxygen atoms in total. The molecule has 0 aliphatic heterocycles. The zero-order valence-corrected chi connectivity index (χ0v) is 10.7. The average Bonchev–Trinajstić information content (AvgIpc) is 2.85. The van der Waals surface area contributed by atoms with E-state index in [9.17, 15) is 4.79 Å². The zero-order valence-electron chi connectivity index (χ0n) is 10.7. The Hall–Kier alpha value is -2.57. The van der Waals surface area contributed by atoms with Gasteiger partial charge in [-0.15, -0.1) is 5.10 Å². The van der Waals surface area contributed by atoms with Crippen LogP contribution in [0.2, 0.25) is 0 Å². The van der Waals surface area contributed by atoms with Crippen molar-refractivity contribution in [2.24, 2.45) is 0 Å². The lowest BCUT2D eigenvalue weighted by atomic mass is 10.1. The number of nitrogens with two attached hydrogens (primary N) is 1. The van der Waals surface area contributed by atoms with E-state index in [0.29, 0.717) is 5.75 Å². The summed E-state index contributed by atoms with van der Waals surface area (Å²) in [5.41, 5.74) is 6.23. The average molecular weight is 261 g/mol. The molecule has 2 aromatic rings. The maximum absolute atomic E-state index is 11.9. The standard InChI is InChI=1S/C12H15N5O2/c1-7(8-5-3-4-6-9(8)19-2)14-11(18)10-15-12(13)17-16-10/h3-7H,1-2H3,(H,14,18)(H3,13,15,16,17). The van der Waals surface area contributed by atoms with Gasteiger partial charge in [0.05, 0.1) is 13.2 Å². The summed E-state index contributed by atoms with van der Waals surface area (Å²) in [6, 6.07) is 7.25. The number of anilines is 1. The second-order valence-electron chi connectivity index (χ2n) is 3.98. The van der Waals surface area contributed by atoms with Crippen molar-refractivity contribution in [2.75, 3.05) is 12.8 Å². The predicted molar refractivity (Wildman–Crippen MR) is 69.7 cm³/mol. The molecule has 0 aliphatic carbocycles. The highest BCUT2D eigenvalue weighted by Crippen LogP contribution is 2.24. The Morgan fingerprint density at radius 1 is 1.47 bits per heavy atom. The molecule has 19 heavy (non-hydrogen) atoms. The molecule has 1 amide bonds. The molecule has 4 N–H and O–H groups in total. The highest BCUT2D eigenvalue weighted by atomic mass is 16.5. The summed E-state index contributed by atoms with van der Waals surface area (Å²) >= 11 is 0. The molecule has 0 fully saturated rings. The van der Waals surface area contributed by atoms with Gasteiger partial charge in [0.15, 0.2) is 0 Å². The van der Waals surface area contributed by atoms with Crippen molar-refractivity contribution in [3.63, 3.8) is 0 Å². The van der Waals surface area contributed by atoms with Gasteiger partial charge in [-0.3, -0.25) is 9.89 Å². The van der Waals surface area contributed by atoms with E-state index in [0.717, 1.165) is 5.56 Å². The van der Waals surface area contributed by atoms with E-state index in [2.05, 4.69) is 20.5 Å². The van der Waals surface area contributed by atoms with Crippen LogP contribution in [-0.2, 0) is 0 Å². The maximum Gasteiger partial charge on any atom is 0.289 e. The van der Waals surface area contributed by atoms with Crippen LogP contribution < -0.4 is 15.8 Å². The molecule has 0 aliphatic rings. The Labute approximate surface area is 110 Å². The summed E-state index contributed by atoms with van der Waals surface area (Å²) in [5, 5.41) is 8.86. The fourth-order valence-electron chi connectivity index (χ4n) is 1.74. The lowest BCUT2D eigenvalue weighted by Crippen LogP contribution is -2.27. The first-order chi connectivity index (χ1) is 9.11. The molecule has 2 rings (SSSR count). The van der Waals surface area contributed by atoms with Gasteiger partial charge in [0, 0.05) is 5.56 Å². The number of aromatic amines is 1. The highest BCUT2D eigenvalue weighted by molar-refractivity contribution is 5.90. The molecule has 0 radical (unpaired) electrons. The zero-order chi connectivity index (χ0) is 13.8. The third kappa shape index (κ3) is 2.82. The van der Waals surface area contributed by atoms with Crippen LogP contribution in [0.1, 0.15) is 29.1 Å². The summed E-state index contributed by atoms with van der Waals surface area (Å²) in [7, 11) is 1.59. The van der Waals surface area contributed by atoms with Crippen LogP contribution in [0.25, 0.3) is 0 Å². The van der Waals surface area contributed by atoms with Crippen molar-refractivity contribution in [1.82, 2.24) is 20.5 Å². The quantitative estimate of drug-likeness (QED) is 0.757. The van der Waals surface area contributed by atoms with Crippen LogP contribution in [0.4, 0.5) is 5.95 Å². The van der Waals surface area contributed by atoms with E-state index in [1.165, 1.54) is 0 Å². The topological polar surface area (TPSA) is 106 Å². The number of para-hydroxylation sites is 1. The monoisotopic (exact) mass is 261 g/mol. The number of hydrogen-bond acceptors (Lipinski definition) is 5. The first kappa shape index (κ1) is 12.9. The van der Waals surface area contributed by atoms with Crippen molar-refractivity contribution in [3.05, 3.63) is 35.7 Å². The molecule has 0 saturated heterocycles. The van der Waals surface area contributed by atoms with E-state index >= 15 is 0 Å². The number of rotatable bonds is 4. The van der Waals surface area contributed by atoms with Gasteiger partial charge in [0.1, 0.15) is 5.75 Å². The number of carbonyl (C=O) groups excluding carboxylic acids is 1. The minimum Gasteiger partial charge on any atom is -0.496 e. The van der Waals surface area contributed by atoms with Crippen LogP contribution in [-0.4, -0.2) is 28.2 Å². The minimum atomic E-state index is -0.373. The first-order valence-corrected chi connectivity index (χ1v) is 5.73. The molecular formula is C12H15N5O2. The smallest absolute Gasteiger partial charge is 0.289 e. The molecule has 1 unspecified atom stereocenters. The van der Waals surface area contributed by atoms with E-state index in [1.54, 1.807) is 7.11 Å². The van der Waals surface area contributed by atoms with Crippen LogP contribution in [0.5, 0.6) is 5.75 Å². The normalized spacial score (nSPS) is 11.9. The van der Waals surface area contributed by atoms with Gasteiger partial charge in [-0.25, -0.2) is 0 Å². The number of amides is 1. The van der Waals surface area contributed by atoms with Crippen molar-refractivity contribution < 1.29 is 9.53 Å². The van der Waals surface area contributed by atoms with Crippen LogP contribution >= 0.6 is 0 Å². The molecule has 1 aromatic carbocycles. The van der Waals surface area contributed by atoms with Gasteiger partial charge in [-0.1, -0.05) is 18.2 Å². The van der Waals surface area contributed by atoms with Gasteiger partial charge in [-0.05, 0) is 13.0 Å². The second kappa shape index (κ2) is 5.38. The molecule has 0 spiro atoms.